The van der Waals surface area contributed by atoms with Crippen molar-refractivity contribution in [1.82, 2.24) is 31.9 Å². The first-order chi connectivity index (χ1) is 33.1. The molecule has 0 bridgehead atoms. The Balaban J connectivity index is 1.77. The molecule has 0 saturated heterocycles. The first kappa shape index (κ1) is 59.3. The van der Waals surface area contributed by atoms with Gasteiger partial charge >= 0.3 is 12.1 Å². The number of hydrogen-bond donors (Lipinski definition) is 9. The van der Waals surface area contributed by atoms with Crippen LogP contribution in [-0.2, 0) is 35.3 Å². The summed E-state index contributed by atoms with van der Waals surface area (Å²) in [6.45, 7) is 7.22. The van der Waals surface area contributed by atoms with E-state index in [2.05, 4.69) is 31.9 Å². The normalized spacial score (nSPS) is 11.9. The van der Waals surface area contributed by atoms with Gasteiger partial charge in [0.2, 0.25) is 17.7 Å². The van der Waals surface area contributed by atoms with Crippen molar-refractivity contribution in [2.24, 2.45) is 17.2 Å². The third-order valence-corrected chi connectivity index (χ3v) is 10.6. The molecule has 19 nitrogen and oxygen atoms in total. The maximum absolute atomic E-state index is 13.3. The summed E-state index contributed by atoms with van der Waals surface area (Å²) in [7, 11) is 0. The van der Waals surface area contributed by atoms with Crippen molar-refractivity contribution in [2.75, 3.05) is 52.4 Å². The summed E-state index contributed by atoms with van der Waals surface area (Å²) < 4.78 is 16.4. The fourth-order valence-electron chi connectivity index (χ4n) is 6.77. The molecule has 0 radical (unpaired) electrons. The van der Waals surface area contributed by atoms with E-state index in [9.17, 15) is 33.6 Å². The highest BCUT2D eigenvalue weighted by atomic mass is 16.6. The minimum Gasteiger partial charge on any atom is -0.492 e. The SMILES string of the molecule is CC(C)(C)OC(=O)NCCCCC(N)C(=O)NCCNC(=O)c1cc(OCCNC(=O)CCCCCCCCCCC(=O)OCc2ccccc2)cc(C(=O)NCCNC(=O)[C@@H](N)CCCCN)c1. The highest BCUT2D eigenvalue weighted by Gasteiger charge is 2.18. The molecule has 2 aromatic carbocycles. The van der Waals surface area contributed by atoms with Crippen molar-refractivity contribution in [3.63, 3.8) is 0 Å². The van der Waals surface area contributed by atoms with Gasteiger partial charge in [0.1, 0.15) is 24.6 Å². The lowest BCUT2D eigenvalue weighted by Crippen LogP contribution is -2.43. The minimum absolute atomic E-state index is 0.0688. The predicted molar refractivity (Wildman–Crippen MR) is 265 cm³/mol. The number of benzene rings is 2. The molecule has 0 heterocycles. The fourth-order valence-corrected chi connectivity index (χ4v) is 6.77. The molecular weight excluding hydrogens is 887 g/mol. The van der Waals surface area contributed by atoms with Gasteiger partial charge in [0.15, 0.2) is 0 Å². The van der Waals surface area contributed by atoms with Crippen molar-refractivity contribution in [2.45, 2.75) is 148 Å². The summed E-state index contributed by atoms with van der Waals surface area (Å²) in [5.41, 5.74) is 18.2. The molecule has 0 fully saturated rings. The zero-order chi connectivity index (χ0) is 50.7. The molecule has 0 aliphatic rings. The monoisotopic (exact) mass is 968 g/mol. The molecular formula is C50H81N9O10. The van der Waals surface area contributed by atoms with Gasteiger partial charge in [-0.1, -0.05) is 75.3 Å². The third-order valence-electron chi connectivity index (χ3n) is 10.6. The van der Waals surface area contributed by atoms with Crippen LogP contribution < -0.4 is 53.8 Å². The van der Waals surface area contributed by atoms with Gasteiger partial charge < -0.3 is 63.3 Å². The average molecular weight is 968 g/mol. The smallest absolute Gasteiger partial charge is 0.407 e. The number of amides is 6. The topological polar surface area (TPSA) is 297 Å². The number of esters is 1. The van der Waals surface area contributed by atoms with Gasteiger partial charge in [-0.15, -0.1) is 0 Å². The zero-order valence-electron chi connectivity index (χ0n) is 41.3. The molecule has 2 aromatic rings. The Morgan fingerprint density at radius 2 is 1.09 bits per heavy atom. The van der Waals surface area contributed by atoms with Crippen LogP contribution in [0.5, 0.6) is 5.75 Å². The first-order valence-corrected chi connectivity index (χ1v) is 24.6. The van der Waals surface area contributed by atoms with Crippen LogP contribution in [-0.4, -0.2) is 112 Å². The molecule has 386 valence electrons. The Hall–Kier alpha value is -5.79. The van der Waals surface area contributed by atoms with E-state index in [1.807, 2.05) is 30.3 Å². The van der Waals surface area contributed by atoms with E-state index in [-0.39, 0.29) is 79.9 Å². The van der Waals surface area contributed by atoms with Gasteiger partial charge in [0.05, 0.1) is 18.6 Å². The summed E-state index contributed by atoms with van der Waals surface area (Å²) in [5.74, 6) is -1.80. The highest BCUT2D eigenvalue weighted by Crippen LogP contribution is 2.18. The molecule has 0 saturated carbocycles. The summed E-state index contributed by atoms with van der Waals surface area (Å²) in [5, 5.41) is 16.4. The lowest BCUT2D eigenvalue weighted by molar-refractivity contribution is -0.145. The molecule has 1 unspecified atom stereocenters. The van der Waals surface area contributed by atoms with Crippen LogP contribution in [0.1, 0.15) is 150 Å². The minimum atomic E-state index is -0.775. The molecule has 2 atom stereocenters. The lowest BCUT2D eigenvalue weighted by atomic mass is 10.1. The number of ether oxygens (including phenoxy) is 3. The first-order valence-electron chi connectivity index (χ1n) is 24.6. The van der Waals surface area contributed by atoms with E-state index >= 15 is 0 Å². The number of unbranched alkanes of at least 4 members (excludes halogenated alkanes) is 9. The molecule has 0 aromatic heterocycles. The van der Waals surface area contributed by atoms with E-state index in [0.717, 1.165) is 69.8 Å². The summed E-state index contributed by atoms with van der Waals surface area (Å²) in [6, 6.07) is 12.5. The second-order valence-electron chi connectivity index (χ2n) is 17.9. The molecule has 19 heteroatoms. The van der Waals surface area contributed by atoms with E-state index < -0.39 is 35.6 Å². The Bertz CT molecular complexity index is 1840. The van der Waals surface area contributed by atoms with Crippen molar-refractivity contribution in [3.8, 4) is 5.75 Å². The molecule has 0 spiro atoms. The van der Waals surface area contributed by atoms with E-state index in [0.29, 0.717) is 58.2 Å². The number of nitrogens with one attached hydrogen (secondary N) is 6. The number of alkyl carbamates (subject to hydrolysis) is 1. The van der Waals surface area contributed by atoms with Gasteiger partial charge in [-0.05, 0) is 96.0 Å². The fraction of sp³-hybridized carbons (Fsp3) is 0.620. The van der Waals surface area contributed by atoms with E-state index in [1.165, 1.54) is 18.2 Å². The van der Waals surface area contributed by atoms with Crippen molar-refractivity contribution < 1.29 is 47.8 Å². The van der Waals surface area contributed by atoms with Gasteiger partial charge in [-0.2, -0.15) is 0 Å². The quantitative estimate of drug-likeness (QED) is 0.0345. The van der Waals surface area contributed by atoms with E-state index in [4.69, 9.17) is 31.4 Å². The van der Waals surface area contributed by atoms with Crippen LogP contribution in [0.3, 0.4) is 0 Å². The zero-order valence-corrected chi connectivity index (χ0v) is 41.3. The third kappa shape index (κ3) is 29.7. The number of hydrogen-bond acceptors (Lipinski definition) is 13. The lowest BCUT2D eigenvalue weighted by Gasteiger charge is -2.19. The largest absolute Gasteiger partial charge is 0.492 e. The van der Waals surface area contributed by atoms with Gasteiger partial charge in [-0.3, -0.25) is 28.8 Å². The van der Waals surface area contributed by atoms with Crippen molar-refractivity contribution in [3.05, 3.63) is 65.2 Å². The summed E-state index contributed by atoms with van der Waals surface area (Å²) in [4.78, 5) is 87.7. The number of nitrogens with two attached hydrogens (primary N) is 3. The van der Waals surface area contributed by atoms with Gasteiger partial charge in [0, 0.05) is 56.7 Å². The van der Waals surface area contributed by atoms with Crippen LogP contribution in [0.2, 0.25) is 0 Å². The predicted octanol–water partition coefficient (Wildman–Crippen LogP) is 4.00. The van der Waals surface area contributed by atoms with Crippen molar-refractivity contribution >= 4 is 41.6 Å². The number of carbonyl (C=O) groups excluding carboxylic acids is 7. The maximum atomic E-state index is 13.3. The van der Waals surface area contributed by atoms with Crippen LogP contribution >= 0.6 is 0 Å². The van der Waals surface area contributed by atoms with Crippen LogP contribution in [0.4, 0.5) is 4.79 Å². The summed E-state index contributed by atoms with van der Waals surface area (Å²) in [6.07, 6.45) is 11.6. The Kier molecular flexibility index (Phi) is 30.4. The van der Waals surface area contributed by atoms with Crippen LogP contribution in [0.15, 0.2) is 48.5 Å². The molecule has 0 aliphatic heterocycles. The number of rotatable bonds is 36. The highest BCUT2D eigenvalue weighted by molar-refractivity contribution is 6.00. The second kappa shape index (κ2) is 35.3. The summed E-state index contributed by atoms with van der Waals surface area (Å²) >= 11 is 0. The molecule has 12 N–H and O–H groups in total. The van der Waals surface area contributed by atoms with Crippen molar-refractivity contribution in [1.29, 1.82) is 0 Å². The molecule has 69 heavy (non-hydrogen) atoms. The number of carbonyl (C=O) groups is 7. The standard InChI is InChI=1S/C50H81N9O10/c1-50(2,3)69-49(66)59-26-18-16-22-42(53)48(65)58-30-28-56-46(63)39-33-38(45(62)55-27-29-57-47(64)41(52)21-15-17-25-51)34-40(35-39)67-32-31-54-43(60)23-13-8-6-4-5-7-9-14-24-44(61)68-36-37-19-11-10-12-20-37/h10-12,19-20,33-35,41-42H,4-9,13-18,21-32,36,51-53H2,1-3H3,(H,54,60)(H,55,62)(H,56,63)(H,57,64)(H,58,65)(H,59,66)/t41-,42?/m0/s1. The van der Waals surface area contributed by atoms with Gasteiger partial charge in [-0.25, -0.2) is 4.79 Å². The Morgan fingerprint density at radius 1 is 0.565 bits per heavy atom. The Morgan fingerprint density at radius 3 is 1.64 bits per heavy atom. The van der Waals surface area contributed by atoms with Crippen LogP contribution in [0, 0.1) is 0 Å². The maximum Gasteiger partial charge on any atom is 0.407 e. The molecule has 0 aliphatic carbocycles. The average Bonchev–Trinajstić information content (AvgIpc) is 3.32. The van der Waals surface area contributed by atoms with E-state index in [1.54, 1.807) is 20.8 Å². The Labute approximate surface area is 408 Å². The molecule has 2 rings (SSSR count). The second-order valence-corrected chi connectivity index (χ2v) is 17.9. The molecule has 6 amide bonds. The van der Waals surface area contributed by atoms with Gasteiger partial charge in [0.25, 0.3) is 11.8 Å². The van der Waals surface area contributed by atoms with Crippen LogP contribution in [0.25, 0.3) is 0 Å².